The van der Waals surface area contributed by atoms with E-state index in [1.54, 1.807) is 13.0 Å². The Morgan fingerprint density at radius 3 is 2.80 bits per heavy atom. The molecule has 9 nitrogen and oxygen atoms in total. The molecule has 6 atom stereocenters. The van der Waals surface area contributed by atoms with E-state index in [2.05, 4.69) is 17.0 Å². The summed E-state index contributed by atoms with van der Waals surface area (Å²) in [5.74, 6) is 0.961. The number of methoxy groups -OCH3 is 1. The van der Waals surface area contributed by atoms with E-state index in [-0.39, 0.29) is 29.3 Å². The molecular formula is C33H43ClN2O7S. The van der Waals surface area contributed by atoms with E-state index in [9.17, 15) is 13.2 Å². The highest BCUT2D eigenvalue weighted by atomic mass is 35.5. The van der Waals surface area contributed by atoms with Gasteiger partial charge in [-0.15, -0.1) is 0 Å². The van der Waals surface area contributed by atoms with Gasteiger partial charge in [-0.25, -0.2) is 18.4 Å². The molecule has 240 valence electrons. The molecule has 2 aromatic carbocycles. The maximum Gasteiger partial charge on any atom is 0.337 e. The van der Waals surface area contributed by atoms with Gasteiger partial charge >= 0.3 is 5.97 Å². The zero-order chi connectivity index (χ0) is 31.1. The van der Waals surface area contributed by atoms with Gasteiger partial charge in [-0.1, -0.05) is 17.7 Å². The fourth-order valence-corrected chi connectivity index (χ4v) is 8.79. The van der Waals surface area contributed by atoms with Crippen LogP contribution in [-0.4, -0.2) is 71.9 Å². The lowest BCUT2D eigenvalue weighted by Gasteiger charge is -2.48. The highest BCUT2D eigenvalue weighted by molar-refractivity contribution is 7.89. The maximum atomic E-state index is 12.6. The van der Waals surface area contributed by atoms with Crippen molar-refractivity contribution in [2.75, 3.05) is 44.1 Å². The number of rotatable bonds is 8. The predicted octanol–water partition coefficient (Wildman–Crippen LogP) is 4.87. The average Bonchev–Trinajstić information content (AvgIpc) is 3.11. The van der Waals surface area contributed by atoms with Crippen molar-refractivity contribution in [1.82, 2.24) is 0 Å². The largest absolute Gasteiger partial charge is 0.490 e. The molecule has 2 N–H and O–H groups in total. The van der Waals surface area contributed by atoms with Crippen molar-refractivity contribution >= 4 is 33.3 Å². The van der Waals surface area contributed by atoms with E-state index in [0.717, 1.165) is 74.5 Å². The minimum absolute atomic E-state index is 0.0461. The van der Waals surface area contributed by atoms with Gasteiger partial charge in [0.25, 0.3) is 0 Å². The lowest BCUT2D eigenvalue weighted by Crippen LogP contribution is -2.51. The number of halogens is 1. The number of hydrogen-bond donors (Lipinski definition) is 1. The zero-order valence-electron chi connectivity index (χ0n) is 25.5. The second-order valence-electron chi connectivity index (χ2n) is 13.1. The number of nitrogens with two attached hydrogens (primary N) is 1. The van der Waals surface area contributed by atoms with E-state index >= 15 is 0 Å². The number of esters is 1. The van der Waals surface area contributed by atoms with Crippen LogP contribution in [0.5, 0.6) is 5.75 Å². The molecule has 44 heavy (non-hydrogen) atoms. The third-order valence-corrected chi connectivity index (χ3v) is 11.2. The number of anilines is 1. The van der Waals surface area contributed by atoms with Crippen LogP contribution in [0.25, 0.3) is 0 Å². The highest BCUT2D eigenvalue weighted by Gasteiger charge is 2.45. The molecular weight excluding hydrogens is 604 g/mol. The Hall–Kier alpha value is -2.37. The number of primary sulfonamides is 1. The van der Waals surface area contributed by atoms with Crippen molar-refractivity contribution in [3.05, 3.63) is 58.1 Å². The molecule has 0 aromatic heterocycles. The number of aryl methyl sites for hydroxylation is 1. The van der Waals surface area contributed by atoms with Crippen molar-refractivity contribution < 1.29 is 32.2 Å². The second kappa shape index (κ2) is 12.8. The van der Waals surface area contributed by atoms with Crippen LogP contribution < -0.4 is 14.8 Å². The van der Waals surface area contributed by atoms with Gasteiger partial charge in [-0.3, -0.25) is 0 Å². The molecule has 11 heteroatoms. The van der Waals surface area contributed by atoms with E-state index in [1.807, 2.05) is 18.2 Å². The minimum Gasteiger partial charge on any atom is -0.490 e. The SMILES string of the molecule is COC(=O)c1ccc2c(c1)N(C[C@@H]1CC[C@H]1[C@H]1C[C@@H](O[C@H](C)CS(N)(=O)=O)CCO1)C[C@@]1(CCCc3cc(Cl)ccc31)CO2. The van der Waals surface area contributed by atoms with Crippen LogP contribution >= 0.6 is 11.6 Å². The molecule has 0 bridgehead atoms. The number of carbonyl (C=O) groups is 1. The molecule has 0 unspecified atom stereocenters. The van der Waals surface area contributed by atoms with Crippen molar-refractivity contribution in [2.45, 2.75) is 75.6 Å². The third kappa shape index (κ3) is 6.75. The summed E-state index contributed by atoms with van der Waals surface area (Å²) >= 11 is 6.41. The summed E-state index contributed by atoms with van der Waals surface area (Å²) in [6, 6.07) is 11.8. The van der Waals surface area contributed by atoms with E-state index in [1.165, 1.54) is 18.2 Å². The van der Waals surface area contributed by atoms with Gasteiger partial charge in [0.05, 0.1) is 49.0 Å². The molecule has 2 heterocycles. The number of ether oxygens (including phenoxy) is 4. The molecule has 1 spiro atoms. The van der Waals surface area contributed by atoms with Gasteiger partial charge in [0.2, 0.25) is 10.0 Å². The fourth-order valence-electron chi connectivity index (χ4n) is 7.87. The van der Waals surface area contributed by atoms with Crippen LogP contribution in [-0.2, 0) is 36.1 Å². The van der Waals surface area contributed by atoms with Crippen LogP contribution in [0.4, 0.5) is 5.69 Å². The van der Waals surface area contributed by atoms with Crippen LogP contribution in [0.3, 0.4) is 0 Å². The van der Waals surface area contributed by atoms with Crippen molar-refractivity contribution in [3.8, 4) is 5.75 Å². The predicted molar refractivity (Wildman–Crippen MR) is 169 cm³/mol. The Kier molecular flexibility index (Phi) is 9.19. The minimum atomic E-state index is -3.60. The lowest BCUT2D eigenvalue weighted by atomic mass is 9.67. The third-order valence-electron chi connectivity index (χ3n) is 10.0. The normalized spacial score (nSPS) is 29.0. The summed E-state index contributed by atoms with van der Waals surface area (Å²) in [5, 5.41) is 5.99. The Labute approximate surface area is 265 Å². The number of sulfonamides is 1. The highest BCUT2D eigenvalue weighted by Crippen LogP contribution is 2.47. The summed E-state index contributed by atoms with van der Waals surface area (Å²) < 4.78 is 47.1. The summed E-state index contributed by atoms with van der Waals surface area (Å²) in [5.41, 5.74) is 3.80. The van der Waals surface area contributed by atoms with Gasteiger partial charge in [0.1, 0.15) is 5.75 Å². The molecule has 0 amide bonds. The first-order valence-corrected chi connectivity index (χ1v) is 17.8. The zero-order valence-corrected chi connectivity index (χ0v) is 27.1. The van der Waals surface area contributed by atoms with Crippen LogP contribution in [0.2, 0.25) is 5.02 Å². The Morgan fingerprint density at radius 2 is 2.05 bits per heavy atom. The Balaban J connectivity index is 1.24. The van der Waals surface area contributed by atoms with Gasteiger partial charge in [0, 0.05) is 36.6 Å². The lowest BCUT2D eigenvalue weighted by molar-refractivity contribution is -0.126. The summed E-state index contributed by atoms with van der Waals surface area (Å²) in [6.07, 6.45) is 6.21. The molecule has 2 aliphatic carbocycles. The van der Waals surface area contributed by atoms with Crippen molar-refractivity contribution in [1.29, 1.82) is 0 Å². The Morgan fingerprint density at radius 1 is 1.20 bits per heavy atom. The molecule has 6 rings (SSSR count). The van der Waals surface area contributed by atoms with Gasteiger partial charge in [-0.2, -0.15) is 0 Å². The first-order valence-electron chi connectivity index (χ1n) is 15.7. The van der Waals surface area contributed by atoms with Gasteiger partial charge in [0.15, 0.2) is 0 Å². The molecule has 2 aliphatic heterocycles. The number of nitrogens with zero attached hydrogens (tertiary/aromatic N) is 1. The number of fused-ring (bicyclic) bond motifs is 3. The number of hydrogen-bond acceptors (Lipinski definition) is 8. The number of carbonyl (C=O) groups excluding carboxylic acids is 1. The first kappa shape index (κ1) is 31.6. The summed E-state index contributed by atoms with van der Waals surface area (Å²) in [6.45, 7) is 4.48. The van der Waals surface area contributed by atoms with E-state index in [0.29, 0.717) is 30.6 Å². The first-order chi connectivity index (χ1) is 21.0. The smallest absolute Gasteiger partial charge is 0.337 e. The number of benzene rings is 2. The molecule has 0 radical (unpaired) electrons. The van der Waals surface area contributed by atoms with Crippen LogP contribution in [0.1, 0.15) is 66.9 Å². The second-order valence-corrected chi connectivity index (χ2v) is 15.2. The van der Waals surface area contributed by atoms with E-state index in [4.69, 9.17) is 35.7 Å². The molecule has 1 saturated heterocycles. The van der Waals surface area contributed by atoms with E-state index < -0.39 is 16.1 Å². The molecule has 1 saturated carbocycles. The van der Waals surface area contributed by atoms with Gasteiger partial charge in [-0.05, 0) is 98.7 Å². The van der Waals surface area contributed by atoms with Crippen molar-refractivity contribution in [3.63, 3.8) is 0 Å². The summed E-state index contributed by atoms with van der Waals surface area (Å²) in [4.78, 5) is 15.0. The Bertz CT molecular complexity index is 1490. The molecule has 2 fully saturated rings. The maximum absolute atomic E-state index is 12.6. The van der Waals surface area contributed by atoms with Gasteiger partial charge < -0.3 is 23.8 Å². The monoisotopic (exact) mass is 646 g/mol. The average molecular weight is 647 g/mol. The standard InChI is InChI=1S/C33H43ClN2O7S/c1-21(18-44(35,38)39)43-26-11-13-41-31(16-26)27-8-5-24(27)17-36-19-33(12-3-4-22-14-25(34)7-9-28(22)33)20-42-30-10-6-23(15-29(30)36)32(37)40-2/h6-7,9-10,14-15,21,24,26-27,31H,3-5,8,11-13,16-20H2,1-2H3,(H2,35,38,39)/t21-,24+,26+,27-,31-,33+/m1/s1. The quantitative estimate of drug-likeness (QED) is 0.404. The molecule has 2 aromatic rings. The topological polar surface area (TPSA) is 117 Å². The van der Waals surface area contributed by atoms with Crippen LogP contribution in [0, 0.1) is 11.8 Å². The van der Waals surface area contributed by atoms with Crippen LogP contribution in [0.15, 0.2) is 36.4 Å². The summed E-state index contributed by atoms with van der Waals surface area (Å²) in [7, 11) is -2.20. The molecule has 4 aliphatic rings. The van der Waals surface area contributed by atoms with Crippen molar-refractivity contribution in [2.24, 2.45) is 17.0 Å². The fraction of sp³-hybridized carbons (Fsp3) is 0.606.